The molecule has 0 radical (unpaired) electrons. The molecule has 0 atom stereocenters. The molecule has 2 amide bonds. The normalized spacial score (nSPS) is 14.1. The third kappa shape index (κ3) is 4.79. The first kappa shape index (κ1) is 24.8. The average Bonchev–Trinajstić information content (AvgIpc) is 3.44. The highest BCUT2D eigenvalue weighted by molar-refractivity contribution is 6.31. The van der Waals surface area contributed by atoms with Crippen molar-refractivity contribution in [3.63, 3.8) is 0 Å². The lowest BCUT2D eigenvalue weighted by molar-refractivity contribution is -0.120. The second-order valence-corrected chi connectivity index (χ2v) is 9.97. The summed E-state index contributed by atoms with van der Waals surface area (Å²) in [7, 11) is 0. The molecule has 0 aliphatic heterocycles. The number of hydrogen-bond donors (Lipinski definition) is 2. The van der Waals surface area contributed by atoms with Crippen LogP contribution in [0.3, 0.4) is 0 Å². The number of hydrazone groups is 1. The fraction of sp³-hybridized carbons (Fsp3) is 0.276. The van der Waals surface area contributed by atoms with Crippen molar-refractivity contribution in [1.29, 1.82) is 0 Å². The molecule has 7 nitrogen and oxygen atoms in total. The molecule has 190 valence electrons. The number of fused-ring (bicyclic) bond motifs is 2. The molecule has 8 heteroatoms. The minimum atomic E-state index is -0.349. The van der Waals surface area contributed by atoms with Gasteiger partial charge in [0, 0.05) is 39.2 Å². The van der Waals surface area contributed by atoms with Gasteiger partial charge in [0.25, 0.3) is 5.91 Å². The Morgan fingerprint density at radius 1 is 1.03 bits per heavy atom. The van der Waals surface area contributed by atoms with E-state index in [1.807, 2.05) is 45.9 Å². The minimum Gasteiger partial charge on any atom is -0.464 e. The maximum atomic E-state index is 13.1. The molecular weight excluding hydrogens is 490 g/mol. The fourth-order valence-corrected chi connectivity index (χ4v) is 4.94. The summed E-state index contributed by atoms with van der Waals surface area (Å²) in [5, 5.41) is 8.80. The lowest BCUT2D eigenvalue weighted by atomic mass is 9.93. The first-order valence-corrected chi connectivity index (χ1v) is 12.6. The van der Waals surface area contributed by atoms with E-state index in [2.05, 4.69) is 15.8 Å². The van der Waals surface area contributed by atoms with Gasteiger partial charge in [-0.1, -0.05) is 29.8 Å². The number of carbonyl (C=O) groups excluding carboxylic acids is 2. The second kappa shape index (κ2) is 9.90. The number of aryl methyl sites for hydroxylation is 4. The summed E-state index contributed by atoms with van der Waals surface area (Å²) in [5.41, 5.74) is 10.2. The molecule has 0 fully saturated rings. The molecule has 2 N–H and O–H groups in total. The van der Waals surface area contributed by atoms with E-state index in [9.17, 15) is 9.59 Å². The Hall–Kier alpha value is -3.84. The van der Waals surface area contributed by atoms with Gasteiger partial charge in [0.2, 0.25) is 5.91 Å². The molecule has 0 unspecified atom stereocenters. The topological polar surface area (TPSA) is 96.8 Å². The highest BCUT2D eigenvalue weighted by Gasteiger charge is 2.28. The van der Waals surface area contributed by atoms with Crippen molar-refractivity contribution in [3.8, 4) is 0 Å². The van der Waals surface area contributed by atoms with Gasteiger partial charge in [0.05, 0.1) is 18.4 Å². The number of benzene rings is 2. The summed E-state index contributed by atoms with van der Waals surface area (Å²) in [6, 6.07) is 9.34. The zero-order chi connectivity index (χ0) is 26.3. The monoisotopic (exact) mass is 517 g/mol. The van der Waals surface area contributed by atoms with E-state index in [-0.39, 0.29) is 24.0 Å². The van der Waals surface area contributed by atoms with Crippen LogP contribution in [0, 0.1) is 27.7 Å². The van der Waals surface area contributed by atoms with E-state index in [0.29, 0.717) is 40.6 Å². The summed E-state index contributed by atoms with van der Waals surface area (Å²) >= 11 is 6.10. The van der Waals surface area contributed by atoms with Gasteiger partial charge in [-0.2, -0.15) is 5.10 Å². The van der Waals surface area contributed by atoms with Crippen molar-refractivity contribution < 1.29 is 18.4 Å². The number of hydrogen-bond acceptors (Lipinski definition) is 5. The Morgan fingerprint density at radius 2 is 1.81 bits per heavy atom. The molecule has 0 saturated heterocycles. The van der Waals surface area contributed by atoms with Crippen LogP contribution in [0.15, 0.2) is 50.5 Å². The largest absolute Gasteiger partial charge is 0.464 e. The third-order valence-electron chi connectivity index (χ3n) is 6.99. The lowest BCUT2D eigenvalue weighted by Crippen LogP contribution is -2.23. The van der Waals surface area contributed by atoms with Crippen LogP contribution in [-0.4, -0.2) is 17.5 Å². The molecule has 4 aromatic rings. The van der Waals surface area contributed by atoms with Crippen LogP contribution in [0.5, 0.6) is 0 Å². The highest BCUT2D eigenvalue weighted by atomic mass is 35.5. The number of carbonyl (C=O) groups is 2. The van der Waals surface area contributed by atoms with Gasteiger partial charge in [0.15, 0.2) is 5.76 Å². The quantitative estimate of drug-likeness (QED) is 0.293. The molecule has 0 saturated carbocycles. The summed E-state index contributed by atoms with van der Waals surface area (Å²) in [6.45, 7) is 7.78. The number of nitrogens with zero attached hydrogens (tertiary/aromatic N) is 1. The van der Waals surface area contributed by atoms with E-state index >= 15 is 0 Å². The summed E-state index contributed by atoms with van der Waals surface area (Å²) in [5.74, 6) is 0.353. The standard InChI is InChI=1S/C29H28ClN3O4/c1-15-9-11-21-19(14-36-27(21)17(15)3)12-25(34)33-32-22-6-5-7-24-26(22)18(4)28(37-24)29(35)31-23-13-20(30)10-8-16(23)2/h8-11,13-14H,5-7,12H2,1-4H3,(H,31,35)(H,33,34)/b32-22+. The van der Waals surface area contributed by atoms with Crippen LogP contribution in [-0.2, 0) is 17.6 Å². The number of amides is 2. The van der Waals surface area contributed by atoms with Crippen LogP contribution in [0.2, 0.25) is 5.02 Å². The van der Waals surface area contributed by atoms with Crippen molar-refractivity contribution in [3.05, 3.63) is 86.5 Å². The molecular formula is C29H28ClN3O4. The van der Waals surface area contributed by atoms with E-state index in [1.165, 1.54) is 0 Å². The van der Waals surface area contributed by atoms with Crippen molar-refractivity contribution in [2.75, 3.05) is 5.32 Å². The maximum Gasteiger partial charge on any atom is 0.291 e. The minimum absolute atomic E-state index is 0.149. The number of halogens is 1. The Balaban J connectivity index is 1.34. The summed E-state index contributed by atoms with van der Waals surface area (Å²) in [6.07, 6.45) is 3.97. The van der Waals surface area contributed by atoms with Crippen molar-refractivity contribution in [2.45, 2.75) is 53.4 Å². The fourth-order valence-electron chi connectivity index (χ4n) is 4.77. The lowest BCUT2D eigenvalue weighted by Gasteiger charge is -2.13. The zero-order valence-corrected chi connectivity index (χ0v) is 22.0. The van der Waals surface area contributed by atoms with Crippen LogP contribution in [0.4, 0.5) is 5.69 Å². The van der Waals surface area contributed by atoms with Crippen LogP contribution in [0.25, 0.3) is 11.0 Å². The van der Waals surface area contributed by atoms with E-state index in [1.54, 1.807) is 18.4 Å². The van der Waals surface area contributed by atoms with Crippen molar-refractivity contribution in [2.24, 2.45) is 5.10 Å². The SMILES string of the molecule is Cc1ccc(Cl)cc1NC(=O)c1oc2c(c1C)/C(=N/NC(=O)Cc1coc3c(C)c(C)ccc13)CCC2. The molecule has 1 aliphatic carbocycles. The van der Waals surface area contributed by atoms with Crippen molar-refractivity contribution >= 4 is 45.8 Å². The van der Waals surface area contributed by atoms with Gasteiger partial charge in [0.1, 0.15) is 11.3 Å². The van der Waals surface area contributed by atoms with Crippen molar-refractivity contribution in [1.82, 2.24) is 5.43 Å². The van der Waals surface area contributed by atoms with E-state index in [0.717, 1.165) is 45.2 Å². The molecule has 0 spiro atoms. The van der Waals surface area contributed by atoms with Gasteiger partial charge in [-0.3, -0.25) is 9.59 Å². The maximum absolute atomic E-state index is 13.1. The molecule has 37 heavy (non-hydrogen) atoms. The highest BCUT2D eigenvalue weighted by Crippen LogP contribution is 2.31. The van der Waals surface area contributed by atoms with Crippen LogP contribution < -0.4 is 10.7 Å². The molecule has 0 bridgehead atoms. The third-order valence-corrected chi connectivity index (χ3v) is 7.22. The number of anilines is 1. The van der Waals surface area contributed by atoms with Crippen LogP contribution >= 0.6 is 11.6 Å². The first-order chi connectivity index (χ1) is 17.7. The van der Waals surface area contributed by atoms with Gasteiger partial charge < -0.3 is 14.2 Å². The number of nitrogens with one attached hydrogen (secondary N) is 2. The zero-order valence-electron chi connectivity index (χ0n) is 21.3. The Morgan fingerprint density at radius 3 is 2.62 bits per heavy atom. The van der Waals surface area contributed by atoms with Crippen LogP contribution in [0.1, 0.15) is 62.5 Å². The molecule has 2 aromatic heterocycles. The summed E-state index contributed by atoms with van der Waals surface area (Å²) in [4.78, 5) is 25.8. The average molecular weight is 518 g/mol. The summed E-state index contributed by atoms with van der Waals surface area (Å²) < 4.78 is 11.7. The molecule has 2 heterocycles. The molecule has 5 rings (SSSR count). The van der Waals surface area contributed by atoms with Gasteiger partial charge in [-0.15, -0.1) is 0 Å². The number of furan rings is 2. The molecule has 2 aromatic carbocycles. The molecule has 1 aliphatic rings. The van der Waals surface area contributed by atoms with Gasteiger partial charge in [-0.25, -0.2) is 5.43 Å². The number of rotatable bonds is 5. The first-order valence-electron chi connectivity index (χ1n) is 12.2. The van der Waals surface area contributed by atoms with Gasteiger partial charge in [-0.05, 0) is 69.4 Å². The second-order valence-electron chi connectivity index (χ2n) is 9.54. The smallest absolute Gasteiger partial charge is 0.291 e. The van der Waals surface area contributed by atoms with Gasteiger partial charge >= 0.3 is 0 Å². The predicted molar refractivity (Wildman–Crippen MR) is 145 cm³/mol. The Bertz CT molecular complexity index is 1580. The Kier molecular flexibility index (Phi) is 6.65. The predicted octanol–water partition coefficient (Wildman–Crippen LogP) is 6.56. The van der Waals surface area contributed by atoms with E-state index < -0.39 is 0 Å². The van der Waals surface area contributed by atoms with E-state index in [4.69, 9.17) is 20.4 Å². The Labute approximate surface area is 219 Å².